The summed E-state index contributed by atoms with van der Waals surface area (Å²) < 4.78 is 0. The Bertz CT molecular complexity index is 475. The summed E-state index contributed by atoms with van der Waals surface area (Å²) in [7, 11) is 0. The first-order valence-corrected chi connectivity index (χ1v) is 7.15. The molecule has 0 aliphatic carbocycles. The number of aromatic nitrogens is 2. The van der Waals surface area contributed by atoms with Crippen LogP contribution in [-0.2, 0) is 11.3 Å². The average molecular weight is 283 g/mol. The van der Waals surface area contributed by atoms with Crippen LogP contribution < -0.4 is 10.6 Å². The third-order valence-electron chi connectivity index (χ3n) is 2.77. The third-order valence-corrected chi connectivity index (χ3v) is 3.64. The second-order valence-electron chi connectivity index (χ2n) is 4.25. The highest BCUT2D eigenvalue weighted by molar-refractivity contribution is 7.15. The van der Waals surface area contributed by atoms with Gasteiger partial charge < -0.3 is 10.6 Å². The SMILES string of the molecule is CCCC1NC(=O)N(Cc2nnc(NCC)s2)C1=O. The molecule has 0 spiro atoms. The molecular formula is C11H17N5O2S. The van der Waals surface area contributed by atoms with Gasteiger partial charge in [-0.2, -0.15) is 0 Å². The number of imide groups is 1. The number of hydrogen-bond donors (Lipinski definition) is 2. The average Bonchev–Trinajstić information content (AvgIpc) is 2.91. The summed E-state index contributed by atoms with van der Waals surface area (Å²) in [6.45, 7) is 4.90. The van der Waals surface area contributed by atoms with Crippen molar-refractivity contribution >= 4 is 28.4 Å². The van der Waals surface area contributed by atoms with Crippen molar-refractivity contribution in [2.75, 3.05) is 11.9 Å². The molecule has 1 aromatic rings. The van der Waals surface area contributed by atoms with Crippen LogP contribution in [0.3, 0.4) is 0 Å². The molecule has 19 heavy (non-hydrogen) atoms. The minimum absolute atomic E-state index is 0.174. The van der Waals surface area contributed by atoms with Gasteiger partial charge in [0.05, 0.1) is 6.54 Å². The summed E-state index contributed by atoms with van der Waals surface area (Å²) in [4.78, 5) is 25.0. The molecule has 8 heteroatoms. The number of amides is 3. The number of urea groups is 1. The number of nitrogens with zero attached hydrogens (tertiary/aromatic N) is 3. The normalized spacial score (nSPS) is 18.8. The van der Waals surface area contributed by atoms with Gasteiger partial charge in [0, 0.05) is 6.54 Å². The van der Waals surface area contributed by atoms with E-state index < -0.39 is 6.04 Å². The summed E-state index contributed by atoms with van der Waals surface area (Å²) in [6.07, 6.45) is 1.52. The van der Waals surface area contributed by atoms with Crippen molar-refractivity contribution in [3.05, 3.63) is 5.01 Å². The van der Waals surface area contributed by atoms with Gasteiger partial charge in [0.25, 0.3) is 5.91 Å². The van der Waals surface area contributed by atoms with Crippen LogP contribution in [0.2, 0.25) is 0 Å². The highest BCUT2D eigenvalue weighted by Crippen LogP contribution is 2.19. The van der Waals surface area contributed by atoms with E-state index in [2.05, 4.69) is 20.8 Å². The Kier molecular flexibility index (Phi) is 4.31. The van der Waals surface area contributed by atoms with Gasteiger partial charge in [-0.3, -0.25) is 9.69 Å². The van der Waals surface area contributed by atoms with Gasteiger partial charge in [0.1, 0.15) is 11.0 Å². The Morgan fingerprint density at radius 2 is 2.16 bits per heavy atom. The van der Waals surface area contributed by atoms with Gasteiger partial charge >= 0.3 is 6.03 Å². The summed E-state index contributed by atoms with van der Waals surface area (Å²) in [5.41, 5.74) is 0. The summed E-state index contributed by atoms with van der Waals surface area (Å²) >= 11 is 1.36. The molecule has 1 atom stereocenters. The number of carbonyl (C=O) groups excluding carboxylic acids is 2. The van der Waals surface area contributed by atoms with Crippen molar-refractivity contribution in [1.29, 1.82) is 0 Å². The Hall–Kier alpha value is -1.70. The number of rotatable bonds is 6. The number of carbonyl (C=O) groups is 2. The van der Waals surface area contributed by atoms with E-state index in [0.717, 1.165) is 13.0 Å². The predicted molar refractivity (Wildman–Crippen MR) is 71.9 cm³/mol. The van der Waals surface area contributed by atoms with E-state index in [-0.39, 0.29) is 18.5 Å². The van der Waals surface area contributed by atoms with Crippen LogP contribution >= 0.6 is 11.3 Å². The predicted octanol–water partition coefficient (Wildman–Crippen LogP) is 1.19. The number of anilines is 1. The van der Waals surface area contributed by atoms with E-state index in [9.17, 15) is 9.59 Å². The second-order valence-corrected chi connectivity index (χ2v) is 5.31. The Labute approximate surface area is 115 Å². The van der Waals surface area contributed by atoms with Crippen LogP contribution in [0, 0.1) is 0 Å². The number of nitrogens with one attached hydrogen (secondary N) is 2. The molecule has 2 heterocycles. The van der Waals surface area contributed by atoms with E-state index >= 15 is 0 Å². The Balaban J connectivity index is 2.01. The molecule has 104 valence electrons. The lowest BCUT2D eigenvalue weighted by molar-refractivity contribution is -0.128. The second kappa shape index (κ2) is 5.96. The lowest BCUT2D eigenvalue weighted by Crippen LogP contribution is -2.30. The maximum Gasteiger partial charge on any atom is 0.325 e. The van der Waals surface area contributed by atoms with E-state index in [1.807, 2.05) is 13.8 Å². The summed E-state index contributed by atoms with van der Waals surface area (Å²) in [6, 6.07) is -0.734. The molecule has 0 saturated carbocycles. The van der Waals surface area contributed by atoms with Crippen LogP contribution in [0.1, 0.15) is 31.7 Å². The van der Waals surface area contributed by atoms with Crippen LogP contribution in [0.25, 0.3) is 0 Å². The molecule has 0 bridgehead atoms. The van der Waals surface area contributed by atoms with E-state index in [1.54, 1.807) is 0 Å². The molecule has 1 aliphatic rings. The fourth-order valence-electron chi connectivity index (χ4n) is 1.89. The summed E-state index contributed by atoms with van der Waals surface area (Å²) in [5.74, 6) is -0.174. The van der Waals surface area contributed by atoms with Crippen molar-refractivity contribution < 1.29 is 9.59 Å². The molecular weight excluding hydrogens is 266 g/mol. The van der Waals surface area contributed by atoms with Crippen LogP contribution in [-0.4, -0.2) is 39.6 Å². The first-order chi connectivity index (χ1) is 9.15. The zero-order valence-corrected chi connectivity index (χ0v) is 11.8. The van der Waals surface area contributed by atoms with Crippen molar-refractivity contribution in [2.24, 2.45) is 0 Å². The first-order valence-electron chi connectivity index (χ1n) is 6.33. The van der Waals surface area contributed by atoms with Crippen molar-refractivity contribution in [3.63, 3.8) is 0 Å². The minimum atomic E-state index is -0.390. The standard InChI is InChI=1S/C11H17N5O2S/c1-3-5-7-9(17)16(11(18)13-7)6-8-14-15-10(19-8)12-4-2/h7H,3-6H2,1-2H3,(H,12,15)(H,13,18). The van der Waals surface area contributed by atoms with Crippen molar-refractivity contribution in [3.8, 4) is 0 Å². The first kappa shape index (κ1) is 13.7. The zero-order chi connectivity index (χ0) is 13.8. The van der Waals surface area contributed by atoms with Gasteiger partial charge in [0.15, 0.2) is 0 Å². The summed E-state index contributed by atoms with van der Waals surface area (Å²) in [5, 5.41) is 15.0. The minimum Gasteiger partial charge on any atom is -0.360 e. The fourth-order valence-corrected chi connectivity index (χ4v) is 2.68. The van der Waals surface area contributed by atoms with Gasteiger partial charge in [-0.05, 0) is 13.3 Å². The fraction of sp³-hybridized carbons (Fsp3) is 0.636. The Morgan fingerprint density at radius 1 is 1.37 bits per heavy atom. The maximum atomic E-state index is 12.0. The molecule has 1 unspecified atom stereocenters. The van der Waals surface area contributed by atoms with Crippen molar-refractivity contribution in [2.45, 2.75) is 39.3 Å². The smallest absolute Gasteiger partial charge is 0.325 e. The van der Waals surface area contributed by atoms with Gasteiger partial charge in [-0.15, -0.1) is 10.2 Å². The molecule has 2 rings (SSSR count). The Morgan fingerprint density at radius 3 is 2.84 bits per heavy atom. The molecule has 0 aromatic carbocycles. The lowest BCUT2D eigenvalue weighted by Gasteiger charge is -2.10. The molecule has 7 nitrogen and oxygen atoms in total. The highest BCUT2D eigenvalue weighted by Gasteiger charge is 2.37. The monoisotopic (exact) mass is 283 g/mol. The molecule has 1 fully saturated rings. The van der Waals surface area contributed by atoms with Gasteiger partial charge in [-0.1, -0.05) is 24.7 Å². The lowest BCUT2D eigenvalue weighted by atomic mass is 10.2. The topological polar surface area (TPSA) is 87.2 Å². The van der Waals surface area contributed by atoms with Crippen LogP contribution in [0.5, 0.6) is 0 Å². The molecule has 2 N–H and O–H groups in total. The molecule has 0 radical (unpaired) electrons. The molecule has 3 amide bonds. The van der Waals surface area contributed by atoms with Crippen LogP contribution in [0.15, 0.2) is 0 Å². The quantitative estimate of drug-likeness (QED) is 0.766. The van der Waals surface area contributed by atoms with Gasteiger partial charge in [-0.25, -0.2) is 4.79 Å². The van der Waals surface area contributed by atoms with Crippen LogP contribution in [0.4, 0.5) is 9.93 Å². The maximum absolute atomic E-state index is 12.0. The molecule has 1 aromatic heterocycles. The largest absolute Gasteiger partial charge is 0.360 e. The number of hydrogen-bond acceptors (Lipinski definition) is 6. The third kappa shape index (κ3) is 3.01. The van der Waals surface area contributed by atoms with E-state index in [4.69, 9.17) is 0 Å². The highest BCUT2D eigenvalue weighted by atomic mass is 32.1. The molecule has 1 saturated heterocycles. The van der Waals surface area contributed by atoms with Crippen molar-refractivity contribution in [1.82, 2.24) is 20.4 Å². The van der Waals surface area contributed by atoms with Gasteiger partial charge in [0.2, 0.25) is 5.13 Å². The molecule has 1 aliphatic heterocycles. The zero-order valence-electron chi connectivity index (χ0n) is 11.0. The van der Waals surface area contributed by atoms with E-state index in [1.165, 1.54) is 16.2 Å². The van der Waals surface area contributed by atoms with E-state index in [0.29, 0.717) is 16.6 Å².